The molecule has 1 amide bonds. The van der Waals surface area contributed by atoms with Gasteiger partial charge < -0.3 is 19.6 Å². The molecule has 27 heavy (non-hydrogen) atoms. The molecule has 5 nitrogen and oxygen atoms in total. The highest BCUT2D eigenvalue weighted by molar-refractivity contribution is 7.15. The van der Waals surface area contributed by atoms with Gasteiger partial charge in [-0.25, -0.2) is 0 Å². The zero-order chi connectivity index (χ0) is 19.4. The molecule has 0 aliphatic rings. The largest absolute Gasteiger partial charge is 0.573 e. The summed E-state index contributed by atoms with van der Waals surface area (Å²) in [6, 6.07) is 11.6. The molecule has 0 saturated carbocycles. The molecule has 0 saturated heterocycles. The summed E-state index contributed by atoms with van der Waals surface area (Å²) in [5, 5.41) is 12.8. The van der Waals surface area contributed by atoms with Crippen LogP contribution in [-0.2, 0) is 0 Å². The summed E-state index contributed by atoms with van der Waals surface area (Å²) in [7, 11) is 0. The van der Waals surface area contributed by atoms with Crippen molar-refractivity contribution in [2.45, 2.75) is 12.5 Å². The number of aliphatic hydroxyl groups excluding tert-OH is 1. The molecule has 3 rings (SSSR count). The fourth-order valence-electron chi connectivity index (χ4n) is 2.28. The van der Waals surface area contributed by atoms with Crippen LogP contribution >= 0.6 is 11.3 Å². The van der Waals surface area contributed by atoms with Gasteiger partial charge in [0.05, 0.1) is 11.1 Å². The number of halogens is 3. The van der Waals surface area contributed by atoms with Crippen LogP contribution in [0.3, 0.4) is 0 Å². The Morgan fingerprint density at radius 2 is 1.93 bits per heavy atom. The average molecular weight is 397 g/mol. The topological polar surface area (TPSA) is 71.7 Å². The number of thiophene rings is 1. The lowest BCUT2D eigenvalue weighted by Gasteiger charge is -2.11. The van der Waals surface area contributed by atoms with E-state index in [-0.39, 0.29) is 12.1 Å². The first-order valence-corrected chi connectivity index (χ1v) is 8.59. The zero-order valence-electron chi connectivity index (χ0n) is 13.7. The molecule has 0 spiro atoms. The van der Waals surface area contributed by atoms with E-state index >= 15 is 0 Å². The van der Waals surface area contributed by atoms with Crippen molar-refractivity contribution in [1.29, 1.82) is 0 Å². The number of amides is 1. The molecule has 0 aliphatic heterocycles. The fraction of sp³-hybridized carbons (Fsp3) is 0.167. The third-order valence-corrected chi connectivity index (χ3v) is 4.73. The van der Waals surface area contributed by atoms with Gasteiger partial charge in [0.15, 0.2) is 0 Å². The monoisotopic (exact) mass is 397 g/mol. The van der Waals surface area contributed by atoms with Gasteiger partial charge in [0.1, 0.15) is 17.6 Å². The maximum atomic E-state index is 12.1. The number of hydrogen-bond acceptors (Lipinski definition) is 5. The standard InChI is InChI=1S/C18H14F3NO4S/c19-18(20,21)26-12-5-3-11(4-6-12)17(24)22-10-13(23)15-7-8-16(27-15)14-2-1-9-25-14/h1-9,13,23H,10H2,(H,22,24). The first-order chi connectivity index (χ1) is 12.8. The van der Waals surface area contributed by atoms with E-state index in [4.69, 9.17) is 4.42 Å². The summed E-state index contributed by atoms with van der Waals surface area (Å²) in [6.07, 6.45) is -4.16. The van der Waals surface area contributed by atoms with Crippen molar-refractivity contribution in [3.05, 3.63) is 65.2 Å². The van der Waals surface area contributed by atoms with Gasteiger partial charge in [-0.1, -0.05) is 0 Å². The Hall–Kier alpha value is -2.78. The van der Waals surface area contributed by atoms with Crippen LogP contribution in [0.1, 0.15) is 21.3 Å². The van der Waals surface area contributed by atoms with E-state index < -0.39 is 24.1 Å². The molecule has 0 aliphatic carbocycles. The minimum absolute atomic E-state index is 0.0439. The lowest BCUT2D eigenvalue weighted by atomic mass is 10.2. The lowest BCUT2D eigenvalue weighted by molar-refractivity contribution is -0.274. The summed E-state index contributed by atoms with van der Waals surface area (Å²) in [6.45, 7) is -0.0439. The number of carbonyl (C=O) groups excluding carboxylic acids is 1. The molecule has 1 unspecified atom stereocenters. The van der Waals surface area contributed by atoms with Crippen LogP contribution in [0.2, 0.25) is 0 Å². The Labute approximate surface area is 156 Å². The number of furan rings is 1. The molecule has 142 valence electrons. The molecule has 3 aromatic rings. The molecule has 2 heterocycles. The van der Waals surface area contributed by atoms with Crippen molar-refractivity contribution >= 4 is 17.2 Å². The van der Waals surface area contributed by atoms with Gasteiger partial charge in [0.25, 0.3) is 5.91 Å². The molecule has 2 aromatic heterocycles. The van der Waals surface area contributed by atoms with Crippen LogP contribution in [0.15, 0.2) is 59.2 Å². The number of rotatable bonds is 6. The zero-order valence-corrected chi connectivity index (χ0v) is 14.5. The molecular formula is C18H14F3NO4S. The smallest absolute Gasteiger partial charge is 0.464 e. The van der Waals surface area contributed by atoms with E-state index in [0.717, 1.165) is 17.0 Å². The summed E-state index contributed by atoms with van der Waals surface area (Å²) in [5.41, 5.74) is 0.152. The lowest BCUT2D eigenvalue weighted by Crippen LogP contribution is -2.28. The Balaban J connectivity index is 1.55. The second-order valence-electron chi connectivity index (χ2n) is 5.48. The normalized spacial score (nSPS) is 12.6. The van der Waals surface area contributed by atoms with Crippen LogP contribution < -0.4 is 10.1 Å². The number of nitrogens with one attached hydrogen (secondary N) is 1. The van der Waals surface area contributed by atoms with Crippen molar-refractivity contribution in [2.24, 2.45) is 0 Å². The van der Waals surface area contributed by atoms with Gasteiger partial charge in [-0.05, 0) is 48.5 Å². The van der Waals surface area contributed by atoms with Crippen molar-refractivity contribution in [2.75, 3.05) is 6.54 Å². The number of alkyl halides is 3. The summed E-state index contributed by atoms with van der Waals surface area (Å²) in [5.74, 6) is -0.248. The first kappa shape index (κ1) is 19.0. The van der Waals surface area contributed by atoms with Gasteiger partial charge in [-0.15, -0.1) is 24.5 Å². The first-order valence-electron chi connectivity index (χ1n) is 7.77. The molecule has 2 N–H and O–H groups in total. The summed E-state index contributed by atoms with van der Waals surface area (Å²) >= 11 is 1.34. The molecular weight excluding hydrogens is 383 g/mol. The second-order valence-corrected chi connectivity index (χ2v) is 6.59. The van der Waals surface area contributed by atoms with E-state index in [2.05, 4.69) is 10.1 Å². The van der Waals surface area contributed by atoms with Gasteiger partial charge >= 0.3 is 6.36 Å². The predicted molar refractivity (Wildman–Crippen MR) is 92.4 cm³/mol. The quantitative estimate of drug-likeness (QED) is 0.648. The molecule has 9 heteroatoms. The molecule has 1 atom stereocenters. The van der Waals surface area contributed by atoms with Crippen molar-refractivity contribution in [1.82, 2.24) is 5.32 Å². The van der Waals surface area contributed by atoms with Gasteiger partial charge in [0.2, 0.25) is 0 Å². The second kappa shape index (κ2) is 7.85. The van der Waals surface area contributed by atoms with Crippen molar-refractivity contribution in [3.63, 3.8) is 0 Å². The number of carbonyl (C=O) groups is 1. The molecule has 0 bridgehead atoms. The Bertz CT molecular complexity index is 888. The van der Waals surface area contributed by atoms with E-state index in [1.165, 1.54) is 23.5 Å². The van der Waals surface area contributed by atoms with Crippen LogP contribution in [0.5, 0.6) is 5.75 Å². The highest BCUT2D eigenvalue weighted by Crippen LogP contribution is 2.31. The average Bonchev–Trinajstić information content (AvgIpc) is 3.29. The third kappa shape index (κ3) is 5.11. The van der Waals surface area contributed by atoms with Crippen LogP contribution in [0.4, 0.5) is 13.2 Å². The minimum Gasteiger partial charge on any atom is -0.464 e. The Kier molecular flexibility index (Phi) is 5.52. The molecule has 0 fully saturated rings. The van der Waals surface area contributed by atoms with Gasteiger partial charge in [-0.2, -0.15) is 0 Å². The van der Waals surface area contributed by atoms with E-state index in [1.54, 1.807) is 24.5 Å². The highest BCUT2D eigenvalue weighted by Gasteiger charge is 2.31. The minimum atomic E-state index is -4.79. The third-order valence-electron chi connectivity index (χ3n) is 3.53. The maximum absolute atomic E-state index is 12.1. The summed E-state index contributed by atoms with van der Waals surface area (Å²) in [4.78, 5) is 13.6. The fourth-order valence-corrected chi connectivity index (χ4v) is 3.25. The number of aliphatic hydroxyl groups is 1. The van der Waals surface area contributed by atoms with Gasteiger partial charge in [0, 0.05) is 17.0 Å². The van der Waals surface area contributed by atoms with Crippen molar-refractivity contribution < 1.29 is 32.2 Å². The molecule has 1 aromatic carbocycles. The van der Waals surface area contributed by atoms with Crippen molar-refractivity contribution in [3.8, 4) is 16.4 Å². The van der Waals surface area contributed by atoms with Gasteiger partial charge in [-0.3, -0.25) is 4.79 Å². The number of ether oxygens (including phenoxy) is 1. The predicted octanol–water partition coefficient (Wildman–Crippen LogP) is 4.37. The Morgan fingerprint density at radius 1 is 1.19 bits per heavy atom. The maximum Gasteiger partial charge on any atom is 0.573 e. The van der Waals surface area contributed by atoms with Crippen LogP contribution in [0, 0.1) is 0 Å². The van der Waals surface area contributed by atoms with Crippen LogP contribution in [0.25, 0.3) is 10.6 Å². The number of benzene rings is 1. The molecule has 0 radical (unpaired) electrons. The van der Waals surface area contributed by atoms with Crippen LogP contribution in [-0.4, -0.2) is 23.9 Å². The highest BCUT2D eigenvalue weighted by atomic mass is 32.1. The SMILES string of the molecule is O=C(NCC(O)c1ccc(-c2ccco2)s1)c1ccc(OC(F)(F)F)cc1. The number of hydrogen-bond donors (Lipinski definition) is 2. The van der Waals surface area contributed by atoms with E-state index in [1.807, 2.05) is 6.07 Å². The van der Waals surface area contributed by atoms with E-state index in [9.17, 15) is 23.1 Å². The Morgan fingerprint density at radius 3 is 2.56 bits per heavy atom. The summed E-state index contributed by atoms with van der Waals surface area (Å²) < 4.78 is 45.4. The van der Waals surface area contributed by atoms with E-state index in [0.29, 0.717) is 10.6 Å².